The molecule has 3 N–H and O–H groups in total. The molecule has 1 aliphatic rings. The minimum Gasteiger partial charge on any atom is -0.481 e. The summed E-state index contributed by atoms with van der Waals surface area (Å²) < 4.78 is 10.7. The Morgan fingerprint density at radius 3 is 2.48 bits per heavy atom. The molecule has 0 aromatic heterocycles. The first-order valence-electron chi connectivity index (χ1n) is 8.89. The predicted octanol–water partition coefficient (Wildman–Crippen LogP) is 2.37. The third kappa shape index (κ3) is 4.65. The quantitative estimate of drug-likeness (QED) is 0.785. The summed E-state index contributed by atoms with van der Waals surface area (Å²) in [6.45, 7) is 5.66. The molecule has 1 fully saturated rings. The number of carbonyl (C=O) groups excluding carboxylic acids is 2. The van der Waals surface area contributed by atoms with Crippen LogP contribution in [0.15, 0.2) is 48.5 Å². The van der Waals surface area contributed by atoms with Gasteiger partial charge in [0.15, 0.2) is 6.10 Å². The monoisotopic (exact) mass is 368 g/mol. The van der Waals surface area contributed by atoms with Crippen molar-refractivity contribution < 1.29 is 19.1 Å². The van der Waals surface area contributed by atoms with Crippen molar-refractivity contribution in [2.45, 2.75) is 20.0 Å². The van der Waals surface area contributed by atoms with Crippen molar-refractivity contribution in [2.24, 2.45) is 11.1 Å². The fraction of sp³-hybridized carbons (Fsp3) is 0.333. The largest absolute Gasteiger partial charge is 0.481 e. The molecule has 27 heavy (non-hydrogen) atoms. The van der Waals surface area contributed by atoms with E-state index in [1.54, 1.807) is 25.1 Å². The highest BCUT2D eigenvalue weighted by atomic mass is 16.5. The zero-order valence-electron chi connectivity index (χ0n) is 15.5. The molecule has 0 spiro atoms. The number of ether oxygens (including phenoxy) is 2. The van der Waals surface area contributed by atoms with Crippen LogP contribution in [0.4, 0.5) is 0 Å². The molecule has 3 rings (SSSR count). The number of amides is 2. The van der Waals surface area contributed by atoms with Crippen LogP contribution in [0.3, 0.4) is 0 Å². The lowest BCUT2D eigenvalue weighted by Gasteiger charge is -2.38. The molecular formula is C21H24N2O4. The Labute approximate surface area is 158 Å². The van der Waals surface area contributed by atoms with E-state index >= 15 is 0 Å². The molecule has 1 aliphatic heterocycles. The SMILES string of the molecule is C[C@@H](Oc1cccc(-c2ccc(C(=O)NCC3(C)COC3)cc2)c1)C(N)=O. The molecular weight excluding hydrogens is 344 g/mol. The number of carbonyl (C=O) groups is 2. The summed E-state index contributed by atoms with van der Waals surface area (Å²) in [4.78, 5) is 23.5. The van der Waals surface area contributed by atoms with Crippen LogP contribution in [0.1, 0.15) is 24.2 Å². The molecule has 0 bridgehead atoms. The highest BCUT2D eigenvalue weighted by Crippen LogP contribution is 2.26. The normalized spacial score (nSPS) is 16.1. The van der Waals surface area contributed by atoms with Gasteiger partial charge in [-0.3, -0.25) is 9.59 Å². The summed E-state index contributed by atoms with van der Waals surface area (Å²) in [5.74, 6) is -0.0447. The van der Waals surface area contributed by atoms with E-state index in [-0.39, 0.29) is 11.3 Å². The van der Waals surface area contributed by atoms with E-state index in [0.29, 0.717) is 31.1 Å². The van der Waals surface area contributed by atoms with Crippen LogP contribution in [-0.2, 0) is 9.53 Å². The number of rotatable bonds is 7. The van der Waals surface area contributed by atoms with E-state index in [0.717, 1.165) is 11.1 Å². The van der Waals surface area contributed by atoms with Crippen LogP contribution in [0.5, 0.6) is 5.75 Å². The molecule has 0 unspecified atom stereocenters. The lowest BCUT2D eigenvalue weighted by atomic mass is 9.88. The van der Waals surface area contributed by atoms with Crippen LogP contribution in [0.2, 0.25) is 0 Å². The van der Waals surface area contributed by atoms with Gasteiger partial charge >= 0.3 is 0 Å². The molecule has 6 nitrogen and oxygen atoms in total. The number of nitrogens with two attached hydrogens (primary N) is 1. The molecule has 2 aromatic rings. The Hall–Kier alpha value is -2.86. The first kappa shape index (κ1) is 18.9. The molecule has 1 saturated heterocycles. The second kappa shape index (κ2) is 7.80. The number of nitrogens with one attached hydrogen (secondary N) is 1. The summed E-state index contributed by atoms with van der Waals surface area (Å²) in [6.07, 6.45) is -0.700. The van der Waals surface area contributed by atoms with Gasteiger partial charge < -0.3 is 20.5 Å². The van der Waals surface area contributed by atoms with Gasteiger partial charge in [0.1, 0.15) is 5.75 Å². The smallest absolute Gasteiger partial charge is 0.258 e. The van der Waals surface area contributed by atoms with Crippen molar-refractivity contribution in [1.82, 2.24) is 5.32 Å². The molecule has 2 amide bonds. The van der Waals surface area contributed by atoms with Crippen molar-refractivity contribution in [3.8, 4) is 16.9 Å². The summed E-state index contributed by atoms with van der Waals surface area (Å²) >= 11 is 0. The standard InChI is InChI=1S/C21H24N2O4/c1-14(19(22)24)27-18-5-3-4-17(10-18)15-6-8-16(9-7-15)20(25)23-11-21(2)12-26-13-21/h3-10,14H,11-13H2,1-2H3,(H2,22,24)(H,23,25)/t14-/m1/s1. The Kier molecular flexibility index (Phi) is 5.46. The van der Waals surface area contributed by atoms with Gasteiger partial charge in [-0.05, 0) is 42.3 Å². The van der Waals surface area contributed by atoms with Gasteiger partial charge in [-0.2, -0.15) is 0 Å². The summed E-state index contributed by atoms with van der Waals surface area (Å²) in [5.41, 5.74) is 7.76. The van der Waals surface area contributed by atoms with Crippen LogP contribution >= 0.6 is 0 Å². The van der Waals surface area contributed by atoms with E-state index in [1.165, 1.54) is 0 Å². The zero-order chi connectivity index (χ0) is 19.4. The van der Waals surface area contributed by atoms with Gasteiger partial charge in [0.2, 0.25) is 0 Å². The second-order valence-electron chi connectivity index (χ2n) is 7.25. The summed E-state index contributed by atoms with van der Waals surface area (Å²) in [7, 11) is 0. The van der Waals surface area contributed by atoms with E-state index in [1.807, 2.05) is 30.3 Å². The maximum atomic E-state index is 12.3. The number of benzene rings is 2. The lowest BCUT2D eigenvalue weighted by molar-refractivity contribution is -0.123. The summed E-state index contributed by atoms with van der Waals surface area (Å²) in [5, 5.41) is 2.96. The predicted molar refractivity (Wildman–Crippen MR) is 102 cm³/mol. The molecule has 1 atom stereocenters. The maximum Gasteiger partial charge on any atom is 0.258 e. The minimum absolute atomic E-state index is 0.0398. The number of hydrogen-bond donors (Lipinski definition) is 2. The van der Waals surface area contributed by atoms with Crippen LogP contribution in [-0.4, -0.2) is 37.7 Å². The van der Waals surface area contributed by atoms with Gasteiger partial charge in [-0.1, -0.05) is 31.2 Å². The zero-order valence-corrected chi connectivity index (χ0v) is 15.5. The summed E-state index contributed by atoms with van der Waals surface area (Å²) in [6, 6.07) is 14.8. The lowest BCUT2D eigenvalue weighted by Crippen LogP contribution is -2.48. The van der Waals surface area contributed by atoms with E-state index < -0.39 is 12.0 Å². The highest BCUT2D eigenvalue weighted by Gasteiger charge is 2.33. The van der Waals surface area contributed by atoms with Crippen LogP contribution < -0.4 is 15.8 Å². The molecule has 0 saturated carbocycles. The molecule has 2 aromatic carbocycles. The second-order valence-corrected chi connectivity index (χ2v) is 7.25. The van der Waals surface area contributed by atoms with E-state index in [4.69, 9.17) is 15.2 Å². The molecule has 6 heteroatoms. The third-order valence-corrected chi connectivity index (χ3v) is 4.60. The van der Waals surface area contributed by atoms with Gasteiger partial charge in [-0.15, -0.1) is 0 Å². The van der Waals surface area contributed by atoms with Gasteiger partial charge in [0, 0.05) is 17.5 Å². The van der Waals surface area contributed by atoms with Gasteiger partial charge in [0.25, 0.3) is 11.8 Å². The van der Waals surface area contributed by atoms with E-state index in [9.17, 15) is 9.59 Å². The van der Waals surface area contributed by atoms with Crippen molar-refractivity contribution in [3.05, 3.63) is 54.1 Å². The first-order chi connectivity index (χ1) is 12.9. The topological polar surface area (TPSA) is 90.7 Å². The molecule has 0 aliphatic carbocycles. The minimum atomic E-state index is -0.700. The highest BCUT2D eigenvalue weighted by molar-refractivity contribution is 5.94. The Morgan fingerprint density at radius 2 is 1.89 bits per heavy atom. The fourth-order valence-electron chi connectivity index (χ4n) is 2.77. The Bertz CT molecular complexity index is 828. The van der Waals surface area contributed by atoms with Crippen LogP contribution in [0.25, 0.3) is 11.1 Å². The average Bonchev–Trinajstić information content (AvgIpc) is 2.65. The Balaban J connectivity index is 1.66. The molecule has 142 valence electrons. The maximum absolute atomic E-state index is 12.3. The van der Waals surface area contributed by atoms with Crippen molar-refractivity contribution >= 4 is 11.8 Å². The van der Waals surface area contributed by atoms with Crippen molar-refractivity contribution in [1.29, 1.82) is 0 Å². The van der Waals surface area contributed by atoms with Crippen LogP contribution in [0, 0.1) is 5.41 Å². The number of primary amides is 1. The first-order valence-corrected chi connectivity index (χ1v) is 8.89. The Morgan fingerprint density at radius 1 is 1.19 bits per heavy atom. The molecule has 1 heterocycles. The van der Waals surface area contributed by atoms with Crippen molar-refractivity contribution in [2.75, 3.05) is 19.8 Å². The number of hydrogen-bond acceptors (Lipinski definition) is 4. The fourth-order valence-corrected chi connectivity index (χ4v) is 2.77. The van der Waals surface area contributed by atoms with Crippen molar-refractivity contribution in [3.63, 3.8) is 0 Å². The molecule has 0 radical (unpaired) electrons. The van der Waals surface area contributed by atoms with E-state index in [2.05, 4.69) is 12.2 Å². The average molecular weight is 368 g/mol. The van der Waals surface area contributed by atoms with Gasteiger partial charge in [0.05, 0.1) is 13.2 Å². The third-order valence-electron chi connectivity index (χ3n) is 4.60. The van der Waals surface area contributed by atoms with Gasteiger partial charge in [-0.25, -0.2) is 0 Å².